The highest BCUT2D eigenvalue weighted by atomic mass is 35.5. The summed E-state index contributed by atoms with van der Waals surface area (Å²) < 4.78 is 0. The Bertz CT molecular complexity index is 45.8. The monoisotopic (exact) mass is 198 g/mol. The Morgan fingerprint density at radius 2 is 0.833 bits per heavy atom. The molecule has 2 nitrogen and oxygen atoms in total. The lowest BCUT2D eigenvalue weighted by Gasteiger charge is -1.96. The molecule has 12 heavy (non-hydrogen) atoms. The van der Waals surface area contributed by atoms with Crippen molar-refractivity contribution in [2.24, 2.45) is 0 Å². The summed E-state index contributed by atoms with van der Waals surface area (Å²) in [5, 5.41) is 0. The minimum atomic E-state index is 0. The van der Waals surface area contributed by atoms with Crippen LogP contribution in [0, 0.1) is 0 Å². The van der Waals surface area contributed by atoms with Crippen LogP contribution in [0.25, 0.3) is 0 Å². The number of rotatable bonds is 6. The molecule has 3 heteroatoms. The summed E-state index contributed by atoms with van der Waals surface area (Å²) in [7, 11) is 0. The lowest BCUT2D eigenvalue weighted by molar-refractivity contribution is 0.602. The molecule has 0 aromatic carbocycles. The predicted molar refractivity (Wildman–Crippen MR) is 61.0 cm³/mol. The van der Waals surface area contributed by atoms with Gasteiger partial charge in [0.05, 0.1) is 0 Å². The maximum Gasteiger partial charge on any atom is -0.0533 e. The summed E-state index contributed by atoms with van der Waals surface area (Å²) in [6.45, 7) is 4.53. The lowest BCUT2D eigenvalue weighted by atomic mass is 10.1. The molecule has 0 bridgehead atoms. The molecule has 80 valence electrons. The Morgan fingerprint density at radius 3 is 1.08 bits per heavy atom. The summed E-state index contributed by atoms with van der Waals surface area (Å²) >= 11 is 0. The highest BCUT2D eigenvalue weighted by Crippen LogP contribution is 2.05. The Morgan fingerprint density at radius 1 is 0.583 bits per heavy atom. The summed E-state index contributed by atoms with van der Waals surface area (Å²) in [4.78, 5) is 0. The van der Waals surface area contributed by atoms with Crippen LogP contribution in [-0.4, -0.2) is 0 Å². The normalized spacial score (nSPS) is 7.50. The van der Waals surface area contributed by atoms with Crippen molar-refractivity contribution in [3.05, 3.63) is 0 Å². The van der Waals surface area contributed by atoms with Crippen LogP contribution in [0.4, 0.5) is 0 Å². The number of hydrogen-bond donors (Lipinski definition) is 2. The van der Waals surface area contributed by atoms with Gasteiger partial charge in [-0.25, -0.2) is 0 Å². The van der Waals surface area contributed by atoms with E-state index in [1.54, 1.807) is 0 Å². The van der Waals surface area contributed by atoms with Gasteiger partial charge in [0.1, 0.15) is 0 Å². The van der Waals surface area contributed by atoms with E-state index in [1.165, 1.54) is 44.9 Å². The fraction of sp³-hybridized carbons (Fsp3) is 1.00. The molecule has 0 aliphatic carbocycles. The van der Waals surface area contributed by atoms with Crippen LogP contribution >= 0.6 is 12.4 Å². The van der Waals surface area contributed by atoms with Crippen LogP contribution < -0.4 is 12.3 Å². The highest BCUT2D eigenvalue weighted by molar-refractivity contribution is 5.85. The van der Waals surface area contributed by atoms with Crippen molar-refractivity contribution in [3.63, 3.8) is 0 Å². The van der Waals surface area contributed by atoms with Crippen LogP contribution in [0.5, 0.6) is 0 Å². The smallest absolute Gasteiger partial charge is 0.0533 e. The van der Waals surface area contributed by atoms with E-state index in [0.717, 1.165) is 0 Å². The van der Waals surface area contributed by atoms with E-state index >= 15 is 0 Å². The van der Waals surface area contributed by atoms with Gasteiger partial charge in [0.25, 0.3) is 0 Å². The molecule has 0 aromatic rings. The fourth-order valence-electron chi connectivity index (χ4n) is 1.03. The molecule has 0 unspecified atom stereocenters. The van der Waals surface area contributed by atoms with Crippen molar-refractivity contribution in [3.8, 4) is 0 Å². The molecule has 6 N–H and O–H groups in total. The molecule has 0 aliphatic heterocycles. The topological polar surface area (TPSA) is 70.0 Å². The minimum absolute atomic E-state index is 0. The zero-order chi connectivity index (χ0) is 6.95. The van der Waals surface area contributed by atoms with Gasteiger partial charge in [-0.2, -0.15) is 0 Å². The van der Waals surface area contributed by atoms with Crippen molar-refractivity contribution in [1.82, 2.24) is 12.3 Å². The molecular formula is C9H27ClN2. The molecule has 0 aromatic heterocycles. The molecule has 0 aliphatic rings. The zero-order valence-corrected chi connectivity index (χ0v) is 9.59. The van der Waals surface area contributed by atoms with E-state index < -0.39 is 0 Å². The van der Waals surface area contributed by atoms with E-state index in [0.29, 0.717) is 0 Å². The average Bonchev–Trinajstić information content (AvgIpc) is 1.89. The molecule has 0 saturated carbocycles. The summed E-state index contributed by atoms with van der Waals surface area (Å²) in [5.74, 6) is 0. The molecule has 0 saturated heterocycles. The van der Waals surface area contributed by atoms with Gasteiger partial charge in [0.2, 0.25) is 0 Å². The molecule has 0 amide bonds. The van der Waals surface area contributed by atoms with Crippen LogP contribution in [-0.2, 0) is 0 Å². The van der Waals surface area contributed by atoms with Gasteiger partial charge in [0.15, 0.2) is 0 Å². The van der Waals surface area contributed by atoms with Crippen LogP contribution in [0.2, 0.25) is 0 Å². The second-order valence-corrected chi connectivity index (χ2v) is 2.77. The SMILES string of the molecule is CCCCCCCCC.Cl.N.N. The molecule has 0 radical (unpaired) electrons. The Hall–Kier alpha value is 0.210. The van der Waals surface area contributed by atoms with E-state index in [1.807, 2.05) is 0 Å². The highest BCUT2D eigenvalue weighted by Gasteiger charge is 1.85. The fourth-order valence-corrected chi connectivity index (χ4v) is 1.03. The van der Waals surface area contributed by atoms with Gasteiger partial charge in [0, 0.05) is 0 Å². The lowest BCUT2D eigenvalue weighted by Crippen LogP contribution is -1.76. The molecular weight excluding hydrogens is 172 g/mol. The third-order valence-electron chi connectivity index (χ3n) is 1.71. The Balaban J connectivity index is -0.000000107. The van der Waals surface area contributed by atoms with Crippen molar-refractivity contribution in [2.75, 3.05) is 0 Å². The van der Waals surface area contributed by atoms with Gasteiger partial charge in [-0.15, -0.1) is 12.4 Å². The minimum Gasteiger partial charge on any atom is -0.344 e. The molecule has 0 spiro atoms. The molecule has 0 heterocycles. The van der Waals surface area contributed by atoms with E-state index in [-0.39, 0.29) is 24.7 Å². The summed E-state index contributed by atoms with van der Waals surface area (Å²) in [6, 6.07) is 0. The van der Waals surface area contributed by atoms with E-state index in [9.17, 15) is 0 Å². The van der Waals surface area contributed by atoms with Crippen molar-refractivity contribution < 1.29 is 0 Å². The first kappa shape index (κ1) is 22.8. The zero-order valence-electron chi connectivity index (χ0n) is 8.77. The number of unbranched alkanes of at least 4 members (excludes halogenated alkanes) is 6. The summed E-state index contributed by atoms with van der Waals surface area (Å²) in [5.41, 5.74) is 0. The average molecular weight is 199 g/mol. The standard InChI is InChI=1S/C9H20.ClH.2H3N/c1-3-5-7-9-8-6-4-2;;;/h3-9H2,1-2H3;1H;2*1H3. The predicted octanol–water partition coefficient (Wildman–Crippen LogP) is 4.50. The van der Waals surface area contributed by atoms with Crippen molar-refractivity contribution >= 4 is 12.4 Å². The first-order chi connectivity index (χ1) is 4.41. The van der Waals surface area contributed by atoms with Gasteiger partial charge in [-0.05, 0) is 0 Å². The third-order valence-corrected chi connectivity index (χ3v) is 1.71. The van der Waals surface area contributed by atoms with Gasteiger partial charge >= 0.3 is 0 Å². The number of halogens is 1. The second kappa shape index (κ2) is 22.5. The van der Waals surface area contributed by atoms with E-state index in [4.69, 9.17) is 0 Å². The molecule has 0 atom stereocenters. The van der Waals surface area contributed by atoms with Gasteiger partial charge in [-0.3, -0.25) is 0 Å². The first-order valence-electron chi connectivity index (χ1n) is 4.41. The summed E-state index contributed by atoms with van der Waals surface area (Å²) in [6.07, 6.45) is 9.97. The van der Waals surface area contributed by atoms with Gasteiger partial charge < -0.3 is 12.3 Å². The second-order valence-electron chi connectivity index (χ2n) is 2.77. The van der Waals surface area contributed by atoms with Crippen molar-refractivity contribution in [2.45, 2.75) is 58.8 Å². The van der Waals surface area contributed by atoms with Crippen LogP contribution in [0.1, 0.15) is 58.8 Å². The molecule has 0 fully saturated rings. The van der Waals surface area contributed by atoms with E-state index in [2.05, 4.69) is 13.8 Å². The van der Waals surface area contributed by atoms with Gasteiger partial charge in [-0.1, -0.05) is 58.8 Å². The van der Waals surface area contributed by atoms with Crippen molar-refractivity contribution in [1.29, 1.82) is 0 Å². The first-order valence-corrected chi connectivity index (χ1v) is 4.41. The largest absolute Gasteiger partial charge is 0.344 e. The third kappa shape index (κ3) is 22.5. The Labute approximate surface area is 84.1 Å². The molecule has 0 rings (SSSR count). The maximum atomic E-state index is 2.26. The number of hydrogen-bond acceptors (Lipinski definition) is 2. The Kier molecular flexibility index (Phi) is 42.6. The van der Waals surface area contributed by atoms with Crippen LogP contribution in [0.15, 0.2) is 0 Å². The van der Waals surface area contributed by atoms with Crippen LogP contribution in [0.3, 0.4) is 0 Å². The maximum absolute atomic E-state index is 2.26. The quantitative estimate of drug-likeness (QED) is 0.617.